The number of aryl methyl sites for hydroxylation is 2. The van der Waals surface area contributed by atoms with Gasteiger partial charge in [-0.2, -0.15) is 15.1 Å². The zero-order valence-corrected chi connectivity index (χ0v) is 21.9. The first kappa shape index (κ1) is 25.5. The maximum Gasteiger partial charge on any atom is 0.283 e. The van der Waals surface area contributed by atoms with Gasteiger partial charge in [-0.05, 0) is 79.6 Å². The zero-order chi connectivity index (χ0) is 25.8. The van der Waals surface area contributed by atoms with E-state index in [9.17, 15) is 4.79 Å². The second-order valence-electron chi connectivity index (χ2n) is 8.70. The average Bonchev–Trinajstić information content (AvgIpc) is 3.27. The fourth-order valence-electron chi connectivity index (χ4n) is 3.52. The molecule has 0 bridgehead atoms. The lowest BCUT2D eigenvalue weighted by atomic mass is 10.1. The molecule has 9 heteroatoms. The van der Waals surface area contributed by atoms with Crippen molar-refractivity contribution in [2.24, 2.45) is 16.0 Å². The molecular weight excluding hydrogens is 476 g/mol. The number of thioether (sulfide) groups is 1. The fourth-order valence-corrected chi connectivity index (χ4v) is 4.42. The van der Waals surface area contributed by atoms with E-state index in [2.05, 4.69) is 23.9 Å². The summed E-state index contributed by atoms with van der Waals surface area (Å²) in [6.07, 6.45) is 1.63. The third kappa shape index (κ3) is 5.62. The second kappa shape index (κ2) is 11.0. The van der Waals surface area contributed by atoms with Crippen LogP contribution in [0.2, 0.25) is 0 Å². The molecule has 0 unspecified atom stereocenters. The van der Waals surface area contributed by atoms with Crippen LogP contribution < -0.4 is 14.2 Å². The van der Waals surface area contributed by atoms with Crippen molar-refractivity contribution in [3.8, 4) is 17.2 Å². The lowest BCUT2D eigenvalue weighted by Crippen LogP contribution is -2.35. The highest BCUT2D eigenvalue weighted by Gasteiger charge is 2.36. The minimum Gasteiger partial charge on any atom is -0.490 e. The quantitative estimate of drug-likeness (QED) is 0.360. The Kier molecular flexibility index (Phi) is 7.79. The number of rotatable bonds is 9. The average molecular weight is 507 g/mol. The van der Waals surface area contributed by atoms with E-state index in [1.807, 2.05) is 45.0 Å². The molecule has 0 radical (unpaired) electrons. The summed E-state index contributed by atoms with van der Waals surface area (Å²) in [5.41, 5.74) is 3.27. The fraction of sp³-hybridized carbons (Fsp3) is 0.333. The van der Waals surface area contributed by atoms with Crippen LogP contribution in [0.4, 0.5) is 0 Å². The van der Waals surface area contributed by atoms with Crippen LogP contribution in [0.5, 0.6) is 17.2 Å². The number of aliphatic imine (C=N–C) groups is 1. The van der Waals surface area contributed by atoms with Crippen molar-refractivity contribution in [2.75, 3.05) is 19.8 Å². The number of nitrogens with one attached hydrogen (secondary N) is 1. The van der Waals surface area contributed by atoms with Crippen LogP contribution in [-0.2, 0) is 4.79 Å². The molecule has 2 aliphatic rings. The number of amides is 1. The molecule has 0 atom stereocenters. The van der Waals surface area contributed by atoms with E-state index in [1.165, 1.54) is 27.9 Å². The number of amidine groups is 2. The van der Waals surface area contributed by atoms with E-state index in [-0.39, 0.29) is 17.3 Å². The van der Waals surface area contributed by atoms with Gasteiger partial charge in [0, 0.05) is 5.92 Å². The highest BCUT2D eigenvalue weighted by atomic mass is 32.2. The Bertz CT molecular complexity index is 1280. The standard InChI is InChI=1S/C27H30N4O4S/c1-6-33-23-15-19(8-10-22(23)35-12-11-34-20-9-7-17(4)18(5)13-20)14-21-24(28)31-27(29-25(21)32)36-26(30-31)16(2)3/h7-10,13-16,28H,6,11-12H2,1-5H3/b21-14-,28-24?. The highest BCUT2D eigenvalue weighted by molar-refractivity contribution is 8.27. The maximum atomic E-state index is 12.7. The summed E-state index contributed by atoms with van der Waals surface area (Å²) < 4.78 is 17.5. The van der Waals surface area contributed by atoms with Crippen LogP contribution in [0.3, 0.4) is 0 Å². The molecule has 188 valence electrons. The predicted octanol–water partition coefficient (Wildman–Crippen LogP) is 5.44. The number of hydrazone groups is 1. The van der Waals surface area contributed by atoms with Gasteiger partial charge in [-0.15, -0.1) is 0 Å². The van der Waals surface area contributed by atoms with Crippen LogP contribution in [0.1, 0.15) is 37.5 Å². The summed E-state index contributed by atoms with van der Waals surface area (Å²) in [5, 5.41) is 15.7. The van der Waals surface area contributed by atoms with Gasteiger partial charge in [-0.25, -0.2) is 0 Å². The largest absolute Gasteiger partial charge is 0.490 e. The number of benzene rings is 2. The summed E-state index contributed by atoms with van der Waals surface area (Å²) in [6.45, 7) is 11.2. The maximum absolute atomic E-state index is 12.7. The van der Waals surface area contributed by atoms with Crippen molar-refractivity contribution in [1.29, 1.82) is 5.41 Å². The SMILES string of the molecule is CCOc1cc(/C=C2/C(=N)N3N=C(C(C)C)SC3=NC2=O)ccc1OCCOc1ccc(C)c(C)c1. The van der Waals surface area contributed by atoms with Gasteiger partial charge in [0.15, 0.2) is 17.3 Å². The van der Waals surface area contributed by atoms with E-state index in [0.717, 1.165) is 10.8 Å². The second-order valence-corrected chi connectivity index (χ2v) is 9.68. The summed E-state index contributed by atoms with van der Waals surface area (Å²) in [6, 6.07) is 11.4. The lowest BCUT2D eigenvalue weighted by Gasteiger charge is -2.20. The molecule has 0 saturated heterocycles. The molecule has 36 heavy (non-hydrogen) atoms. The Balaban J connectivity index is 1.46. The molecule has 2 aromatic rings. The molecule has 2 aromatic carbocycles. The topological polar surface area (TPSA) is 96.6 Å². The van der Waals surface area contributed by atoms with E-state index in [0.29, 0.717) is 42.1 Å². The molecule has 2 heterocycles. The van der Waals surface area contributed by atoms with Crippen molar-refractivity contribution in [3.63, 3.8) is 0 Å². The minimum absolute atomic E-state index is 0.00919. The van der Waals surface area contributed by atoms with E-state index in [4.69, 9.17) is 19.6 Å². The number of fused-ring (bicyclic) bond motifs is 1. The van der Waals surface area contributed by atoms with E-state index >= 15 is 0 Å². The summed E-state index contributed by atoms with van der Waals surface area (Å²) in [7, 11) is 0. The third-order valence-corrected chi connectivity index (χ3v) is 6.84. The van der Waals surface area contributed by atoms with E-state index in [1.54, 1.807) is 18.2 Å². The number of nitrogens with zero attached hydrogens (tertiary/aromatic N) is 3. The van der Waals surface area contributed by atoms with Gasteiger partial charge in [0.2, 0.25) is 5.17 Å². The van der Waals surface area contributed by atoms with Gasteiger partial charge < -0.3 is 14.2 Å². The van der Waals surface area contributed by atoms with Crippen molar-refractivity contribution in [1.82, 2.24) is 5.01 Å². The molecule has 0 aromatic heterocycles. The Hall–Kier alpha value is -3.59. The van der Waals surface area contributed by atoms with Crippen LogP contribution in [-0.4, -0.2) is 46.8 Å². The first-order valence-corrected chi connectivity index (χ1v) is 12.7. The molecule has 0 spiro atoms. The Morgan fingerprint density at radius 3 is 2.53 bits per heavy atom. The van der Waals surface area contributed by atoms with Crippen molar-refractivity contribution >= 4 is 39.8 Å². The Morgan fingerprint density at radius 2 is 1.81 bits per heavy atom. The summed E-state index contributed by atoms with van der Waals surface area (Å²) in [5.74, 6) is 1.67. The van der Waals surface area contributed by atoms with Gasteiger partial charge in [-0.3, -0.25) is 10.2 Å². The molecule has 8 nitrogen and oxygen atoms in total. The normalized spacial score (nSPS) is 16.3. The van der Waals surface area contributed by atoms with Crippen molar-refractivity contribution in [2.45, 2.75) is 34.6 Å². The number of carbonyl (C=O) groups excluding carboxylic acids is 1. The third-order valence-electron chi connectivity index (χ3n) is 5.63. The highest BCUT2D eigenvalue weighted by Crippen LogP contribution is 2.33. The Labute approximate surface area is 215 Å². The van der Waals surface area contributed by atoms with Gasteiger partial charge in [0.1, 0.15) is 24.0 Å². The first-order chi connectivity index (χ1) is 17.3. The van der Waals surface area contributed by atoms with Crippen LogP contribution >= 0.6 is 11.8 Å². The van der Waals surface area contributed by atoms with E-state index < -0.39 is 5.91 Å². The van der Waals surface area contributed by atoms with Crippen molar-refractivity contribution in [3.05, 3.63) is 58.7 Å². The van der Waals surface area contributed by atoms with Gasteiger partial charge in [0.25, 0.3) is 5.91 Å². The minimum atomic E-state index is -0.458. The molecule has 0 saturated carbocycles. The molecule has 2 aliphatic heterocycles. The molecule has 1 N–H and O–H groups in total. The molecule has 1 amide bonds. The number of hydrogen-bond donors (Lipinski definition) is 1. The number of carbonyl (C=O) groups is 1. The molecule has 0 aliphatic carbocycles. The number of hydrogen-bond acceptors (Lipinski definition) is 7. The Morgan fingerprint density at radius 1 is 1.03 bits per heavy atom. The zero-order valence-electron chi connectivity index (χ0n) is 21.1. The summed E-state index contributed by atoms with van der Waals surface area (Å²) >= 11 is 1.33. The molecule has 4 rings (SSSR count). The molecule has 0 fully saturated rings. The van der Waals surface area contributed by atoms with Crippen LogP contribution in [0.25, 0.3) is 6.08 Å². The monoisotopic (exact) mass is 506 g/mol. The molecular formula is C27H30N4O4S. The van der Waals surface area contributed by atoms with Crippen molar-refractivity contribution < 1.29 is 19.0 Å². The smallest absolute Gasteiger partial charge is 0.283 e. The van der Waals surface area contributed by atoms with Gasteiger partial charge >= 0.3 is 0 Å². The number of ether oxygens (including phenoxy) is 3. The van der Waals surface area contributed by atoms with Crippen LogP contribution in [0.15, 0.2) is 52.1 Å². The predicted molar refractivity (Wildman–Crippen MR) is 144 cm³/mol. The van der Waals surface area contributed by atoms with Crippen LogP contribution in [0, 0.1) is 25.2 Å². The van der Waals surface area contributed by atoms with Gasteiger partial charge in [-0.1, -0.05) is 26.0 Å². The first-order valence-electron chi connectivity index (χ1n) is 11.9. The van der Waals surface area contributed by atoms with Gasteiger partial charge in [0.05, 0.1) is 12.2 Å². The summed E-state index contributed by atoms with van der Waals surface area (Å²) in [4.78, 5) is 16.8. The lowest BCUT2D eigenvalue weighted by molar-refractivity contribution is -0.114.